The summed E-state index contributed by atoms with van der Waals surface area (Å²) in [5.74, 6) is 1.10. The lowest BCUT2D eigenvalue weighted by atomic mass is 9.87. The SMILES string of the molecule is Cc1noc(C)c1CN1CCOC[C@]2(CC(=O)N(C)C2)C1. The Labute approximate surface area is 125 Å². The maximum absolute atomic E-state index is 11.9. The van der Waals surface area contributed by atoms with Crippen LogP contribution in [0, 0.1) is 19.3 Å². The molecule has 1 spiro atoms. The van der Waals surface area contributed by atoms with Gasteiger partial charge in [0.1, 0.15) is 5.76 Å². The monoisotopic (exact) mass is 293 g/mol. The lowest BCUT2D eigenvalue weighted by Crippen LogP contribution is -2.40. The highest BCUT2D eigenvalue weighted by molar-refractivity contribution is 5.79. The molecule has 1 amide bonds. The van der Waals surface area contributed by atoms with Crippen molar-refractivity contribution in [3.8, 4) is 0 Å². The molecule has 0 aliphatic carbocycles. The average Bonchev–Trinajstić information content (AvgIpc) is 2.80. The van der Waals surface area contributed by atoms with Crippen LogP contribution in [0.2, 0.25) is 0 Å². The van der Waals surface area contributed by atoms with Crippen molar-refractivity contribution in [2.24, 2.45) is 5.41 Å². The highest BCUT2D eigenvalue weighted by atomic mass is 16.5. The predicted octanol–water partition coefficient (Wildman–Crippen LogP) is 0.972. The summed E-state index contributed by atoms with van der Waals surface area (Å²) < 4.78 is 11.0. The number of hydrogen-bond acceptors (Lipinski definition) is 5. The normalized spacial score (nSPS) is 27.6. The van der Waals surface area contributed by atoms with Crippen LogP contribution in [-0.4, -0.2) is 60.8 Å². The molecule has 0 saturated carbocycles. The largest absolute Gasteiger partial charge is 0.379 e. The second-order valence-electron chi connectivity index (χ2n) is 6.49. The number of aromatic nitrogens is 1. The van der Waals surface area contributed by atoms with E-state index in [0.717, 1.165) is 43.2 Å². The van der Waals surface area contributed by atoms with Crippen molar-refractivity contribution >= 4 is 5.91 Å². The van der Waals surface area contributed by atoms with Gasteiger partial charge in [-0.15, -0.1) is 0 Å². The summed E-state index contributed by atoms with van der Waals surface area (Å²) in [7, 11) is 1.88. The van der Waals surface area contributed by atoms with E-state index >= 15 is 0 Å². The van der Waals surface area contributed by atoms with E-state index in [1.807, 2.05) is 25.8 Å². The molecule has 2 saturated heterocycles. The third kappa shape index (κ3) is 2.82. The van der Waals surface area contributed by atoms with Gasteiger partial charge in [-0.2, -0.15) is 0 Å². The second-order valence-corrected chi connectivity index (χ2v) is 6.49. The number of amides is 1. The zero-order valence-corrected chi connectivity index (χ0v) is 13.0. The molecule has 3 heterocycles. The van der Waals surface area contributed by atoms with E-state index in [9.17, 15) is 4.79 Å². The summed E-state index contributed by atoms with van der Waals surface area (Å²) in [6.07, 6.45) is 0.585. The van der Waals surface area contributed by atoms with Crippen molar-refractivity contribution in [1.82, 2.24) is 15.0 Å². The van der Waals surface area contributed by atoms with Crippen molar-refractivity contribution in [3.05, 3.63) is 17.0 Å². The van der Waals surface area contributed by atoms with Crippen LogP contribution in [0.5, 0.6) is 0 Å². The first kappa shape index (κ1) is 14.5. The van der Waals surface area contributed by atoms with E-state index in [2.05, 4.69) is 10.1 Å². The molecule has 0 unspecified atom stereocenters. The topological polar surface area (TPSA) is 58.8 Å². The summed E-state index contributed by atoms with van der Waals surface area (Å²) in [4.78, 5) is 16.1. The standard InChI is InChI=1S/C15H23N3O3/c1-11-13(12(2)21-16-11)7-18-4-5-20-10-15(9-18)6-14(19)17(3)8-15/h4-10H2,1-3H3/t15-/m0/s1. The molecule has 21 heavy (non-hydrogen) atoms. The zero-order chi connectivity index (χ0) is 15.0. The Morgan fingerprint density at radius 1 is 1.33 bits per heavy atom. The van der Waals surface area contributed by atoms with Gasteiger partial charge in [0.15, 0.2) is 0 Å². The summed E-state index contributed by atoms with van der Waals surface area (Å²) in [5, 5.41) is 4.02. The Hall–Kier alpha value is -1.40. The number of carbonyl (C=O) groups is 1. The fourth-order valence-electron chi connectivity index (χ4n) is 3.47. The Morgan fingerprint density at radius 3 is 2.76 bits per heavy atom. The van der Waals surface area contributed by atoms with E-state index < -0.39 is 0 Å². The van der Waals surface area contributed by atoms with Gasteiger partial charge in [-0.1, -0.05) is 5.16 Å². The Morgan fingerprint density at radius 2 is 2.14 bits per heavy atom. The maximum atomic E-state index is 11.9. The number of carbonyl (C=O) groups excluding carboxylic acids is 1. The van der Waals surface area contributed by atoms with Crippen LogP contribution in [0.15, 0.2) is 4.52 Å². The minimum absolute atomic E-state index is 0.0681. The van der Waals surface area contributed by atoms with Crippen LogP contribution < -0.4 is 0 Å². The number of likely N-dealkylation sites (tertiary alicyclic amines) is 1. The van der Waals surface area contributed by atoms with Crippen LogP contribution in [0.1, 0.15) is 23.4 Å². The minimum atomic E-state index is -0.0681. The fourth-order valence-corrected chi connectivity index (χ4v) is 3.47. The lowest BCUT2D eigenvalue weighted by molar-refractivity contribution is -0.126. The van der Waals surface area contributed by atoms with Gasteiger partial charge in [0.25, 0.3) is 0 Å². The van der Waals surface area contributed by atoms with Gasteiger partial charge in [-0.25, -0.2) is 0 Å². The number of hydrogen-bond donors (Lipinski definition) is 0. The molecule has 0 N–H and O–H groups in total. The third-order valence-electron chi connectivity index (χ3n) is 4.61. The van der Waals surface area contributed by atoms with Crippen LogP contribution in [0.4, 0.5) is 0 Å². The minimum Gasteiger partial charge on any atom is -0.379 e. The molecule has 2 fully saturated rings. The molecule has 0 bridgehead atoms. The second kappa shape index (κ2) is 5.42. The molecule has 0 aromatic carbocycles. The summed E-state index contributed by atoms with van der Waals surface area (Å²) in [6, 6.07) is 0. The van der Waals surface area contributed by atoms with Crippen LogP contribution >= 0.6 is 0 Å². The van der Waals surface area contributed by atoms with Gasteiger partial charge in [0.05, 0.1) is 18.9 Å². The fraction of sp³-hybridized carbons (Fsp3) is 0.733. The van der Waals surface area contributed by atoms with E-state index in [0.29, 0.717) is 19.6 Å². The first-order chi connectivity index (χ1) is 9.99. The highest BCUT2D eigenvalue weighted by Crippen LogP contribution is 2.34. The van der Waals surface area contributed by atoms with Crippen LogP contribution in [-0.2, 0) is 16.1 Å². The smallest absolute Gasteiger partial charge is 0.223 e. The Kier molecular flexibility index (Phi) is 3.75. The molecule has 6 nitrogen and oxygen atoms in total. The molecule has 2 aliphatic heterocycles. The molecule has 3 rings (SSSR count). The van der Waals surface area contributed by atoms with E-state index in [1.165, 1.54) is 0 Å². The first-order valence-corrected chi connectivity index (χ1v) is 7.45. The van der Waals surface area contributed by atoms with Gasteiger partial charge in [0.2, 0.25) is 5.91 Å². The number of ether oxygens (including phenoxy) is 1. The number of rotatable bonds is 2. The molecule has 1 aromatic rings. The molecular formula is C15H23N3O3. The average molecular weight is 293 g/mol. The van der Waals surface area contributed by atoms with E-state index in [1.54, 1.807) is 0 Å². The van der Waals surface area contributed by atoms with Crippen molar-refractivity contribution in [1.29, 1.82) is 0 Å². The number of nitrogens with zero attached hydrogens (tertiary/aromatic N) is 3. The Bertz CT molecular complexity index is 523. The van der Waals surface area contributed by atoms with Gasteiger partial charge >= 0.3 is 0 Å². The van der Waals surface area contributed by atoms with Gasteiger partial charge in [-0.05, 0) is 13.8 Å². The van der Waals surface area contributed by atoms with Crippen molar-refractivity contribution in [3.63, 3.8) is 0 Å². The van der Waals surface area contributed by atoms with Gasteiger partial charge < -0.3 is 14.2 Å². The zero-order valence-electron chi connectivity index (χ0n) is 13.0. The molecular weight excluding hydrogens is 270 g/mol. The van der Waals surface area contributed by atoms with Crippen molar-refractivity contribution in [2.75, 3.05) is 39.9 Å². The first-order valence-electron chi connectivity index (χ1n) is 7.45. The molecule has 1 atom stereocenters. The molecule has 0 radical (unpaired) electrons. The molecule has 6 heteroatoms. The third-order valence-corrected chi connectivity index (χ3v) is 4.61. The van der Waals surface area contributed by atoms with E-state index in [4.69, 9.17) is 9.26 Å². The molecule has 1 aromatic heterocycles. The van der Waals surface area contributed by atoms with Gasteiger partial charge in [0, 0.05) is 50.6 Å². The highest BCUT2D eigenvalue weighted by Gasteiger charge is 2.44. The quantitative estimate of drug-likeness (QED) is 0.813. The molecule has 2 aliphatic rings. The summed E-state index contributed by atoms with van der Waals surface area (Å²) in [6.45, 7) is 8.66. The summed E-state index contributed by atoms with van der Waals surface area (Å²) in [5.41, 5.74) is 2.04. The van der Waals surface area contributed by atoms with E-state index in [-0.39, 0.29) is 11.3 Å². The molecule has 116 valence electrons. The lowest BCUT2D eigenvalue weighted by Gasteiger charge is -2.30. The summed E-state index contributed by atoms with van der Waals surface area (Å²) >= 11 is 0. The number of aryl methyl sites for hydroxylation is 2. The van der Waals surface area contributed by atoms with Crippen molar-refractivity contribution in [2.45, 2.75) is 26.8 Å². The van der Waals surface area contributed by atoms with Crippen LogP contribution in [0.25, 0.3) is 0 Å². The Balaban J connectivity index is 1.75. The maximum Gasteiger partial charge on any atom is 0.223 e. The van der Waals surface area contributed by atoms with Crippen LogP contribution in [0.3, 0.4) is 0 Å². The van der Waals surface area contributed by atoms with Gasteiger partial charge in [-0.3, -0.25) is 9.69 Å². The van der Waals surface area contributed by atoms with Crippen molar-refractivity contribution < 1.29 is 14.1 Å². The predicted molar refractivity (Wildman–Crippen MR) is 76.8 cm³/mol.